The fraction of sp³-hybridized carbons (Fsp3) is 0.190. The number of nitrogen functional groups attached to an aromatic ring is 1. The smallest absolute Gasteiger partial charge is 0.210 e. The van der Waals surface area contributed by atoms with Crippen molar-refractivity contribution in [3.63, 3.8) is 0 Å². The van der Waals surface area contributed by atoms with Gasteiger partial charge in [0.2, 0.25) is 5.16 Å². The van der Waals surface area contributed by atoms with Gasteiger partial charge in [0.05, 0.1) is 32.6 Å². The van der Waals surface area contributed by atoms with Crippen LogP contribution in [-0.2, 0) is 5.75 Å². The van der Waals surface area contributed by atoms with Gasteiger partial charge in [-0.3, -0.25) is 0 Å². The second-order valence-electron chi connectivity index (χ2n) is 6.38. The Morgan fingerprint density at radius 1 is 0.968 bits per heavy atom. The van der Waals surface area contributed by atoms with Gasteiger partial charge in [-0.1, -0.05) is 23.9 Å². The Balaban J connectivity index is 1.49. The molecule has 0 saturated carbocycles. The second kappa shape index (κ2) is 9.27. The zero-order valence-corrected chi connectivity index (χ0v) is 18.9. The molecule has 0 spiro atoms. The van der Waals surface area contributed by atoms with Crippen molar-refractivity contribution in [1.82, 2.24) is 19.9 Å². The number of benzene rings is 2. The highest BCUT2D eigenvalue weighted by Crippen LogP contribution is 2.35. The SMILES string of the molecule is COc1ccc(-c2nc(CSc3nnc(-c4ccccc4OC)n3N)cs2)cc1OC. The maximum absolute atomic E-state index is 6.25. The Morgan fingerprint density at radius 3 is 2.52 bits per heavy atom. The van der Waals surface area contributed by atoms with Crippen molar-refractivity contribution in [2.45, 2.75) is 10.9 Å². The van der Waals surface area contributed by atoms with Gasteiger partial charge in [0.1, 0.15) is 10.8 Å². The molecule has 160 valence electrons. The number of nitrogens with two attached hydrogens (primary N) is 1. The van der Waals surface area contributed by atoms with Crippen LogP contribution in [0.3, 0.4) is 0 Å². The first-order valence-electron chi connectivity index (χ1n) is 9.28. The van der Waals surface area contributed by atoms with Gasteiger partial charge in [-0.05, 0) is 30.3 Å². The van der Waals surface area contributed by atoms with Crippen molar-refractivity contribution in [1.29, 1.82) is 0 Å². The lowest BCUT2D eigenvalue weighted by Crippen LogP contribution is -2.12. The van der Waals surface area contributed by atoms with E-state index >= 15 is 0 Å². The quantitative estimate of drug-likeness (QED) is 0.313. The predicted octanol–water partition coefficient (Wildman–Crippen LogP) is 4.10. The number of nitrogens with zero attached hydrogens (tertiary/aromatic N) is 4. The summed E-state index contributed by atoms with van der Waals surface area (Å²) in [5, 5.41) is 12.0. The van der Waals surface area contributed by atoms with Crippen molar-refractivity contribution in [2.24, 2.45) is 0 Å². The number of thioether (sulfide) groups is 1. The van der Waals surface area contributed by atoms with E-state index in [0.717, 1.165) is 21.8 Å². The van der Waals surface area contributed by atoms with Crippen molar-refractivity contribution < 1.29 is 14.2 Å². The highest BCUT2D eigenvalue weighted by atomic mass is 32.2. The van der Waals surface area contributed by atoms with Gasteiger partial charge in [0.25, 0.3) is 0 Å². The molecule has 0 fully saturated rings. The number of para-hydroxylation sites is 1. The van der Waals surface area contributed by atoms with E-state index in [2.05, 4.69) is 10.2 Å². The summed E-state index contributed by atoms with van der Waals surface area (Å²) in [6, 6.07) is 13.3. The van der Waals surface area contributed by atoms with Gasteiger partial charge in [-0.25, -0.2) is 9.66 Å². The molecule has 0 aliphatic carbocycles. The number of methoxy groups -OCH3 is 3. The number of aromatic nitrogens is 4. The molecule has 0 aliphatic heterocycles. The van der Waals surface area contributed by atoms with Crippen LogP contribution in [0.4, 0.5) is 0 Å². The molecule has 31 heavy (non-hydrogen) atoms. The standard InChI is InChI=1S/C21H21N5O3S2/c1-27-16-7-5-4-6-15(16)19-24-25-21(26(19)22)31-12-14-11-30-20(23-14)13-8-9-17(28-2)18(10-13)29-3/h4-11H,12,22H2,1-3H3. The minimum absolute atomic E-state index is 0.546. The van der Waals surface area contributed by atoms with E-state index in [1.54, 1.807) is 32.7 Å². The Kier molecular flexibility index (Phi) is 6.28. The molecule has 0 unspecified atom stereocenters. The molecule has 2 heterocycles. The Hall–Kier alpha value is -3.24. The highest BCUT2D eigenvalue weighted by molar-refractivity contribution is 7.98. The summed E-state index contributed by atoms with van der Waals surface area (Å²) in [7, 11) is 4.85. The molecule has 2 aromatic heterocycles. The number of rotatable bonds is 8. The average Bonchev–Trinajstić information content (AvgIpc) is 3.43. The molecule has 0 saturated heterocycles. The maximum Gasteiger partial charge on any atom is 0.210 e. The maximum atomic E-state index is 6.25. The Bertz CT molecular complexity index is 1190. The highest BCUT2D eigenvalue weighted by Gasteiger charge is 2.16. The van der Waals surface area contributed by atoms with E-state index in [4.69, 9.17) is 25.0 Å². The van der Waals surface area contributed by atoms with E-state index in [9.17, 15) is 0 Å². The second-order valence-corrected chi connectivity index (χ2v) is 8.18. The molecule has 4 aromatic rings. The molecular weight excluding hydrogens is 434 g/mol. The van der Waals surface area contributed by atoms with Crippen LogP contribution in [0.2, 0.25) is 0 Å². The van der Waals surface area contributed by atoms with Crippen molar-refractivity contribution in [3.05, 3.63) is 53.5 Å². The minimum Gasteiger partial charge on any atom is -0.496 e. The first-order chi connectivity index (χ1) is 15.1. The van der Waals surface area contributed by atoms with Gasteiger partial charge in [-0.15, -0.1) is 21.5 Å². The van der Waals surface area contributed by atoms with Crippen LogP contribution in [0.25, 0.3) is 22.0 Å². The van der Waals surface area contributed by atoms with E-state index in [0.29, 0.717) is 34.0 Å². The fourth-order valence-corrected chi connectivity index (χ4v) is 4.67. The largest absolute Gasteiger partial charge is 0.496 e. The van der Waals surface area contributed by atoms with E-state index in [1.165, 1.54) is 16.4 Å². The van der Waals surface area contributed by atoms with Crippen molar-refractivity contribution in [2.75, 3.05) is 27.2 Å². The third-order valence-corrected chi connectivity index (χ3v) is 6.46. The molecule has 0 bridgehead atoms. The first kappa shape index (κ1) is 21.0. The van der Waals surface area contributed by atoms with E-state index < -0.39 is 0 Å². The summed E-state index contributed by atoms with van der Waals surface area (Å²) < 4.78 is 17.6. The van der Waals surface area contributed by atoms with Crippen LogP contribution in [0, 0.1) is 0 Å². The lowest BCUT2D eigenvalue weighted by molar-refractivity contribution is 0.355. The average molecular weight is 456 g/mol. The van der Waals surface area contributed by atoms with Crippen LogP contribution in [0.15, 0.2) is 53.0 Å². The zero-order chi connectivity index (χ0) is 21.8. The lowest BCUT2D eigenvalue weighted by Gasteiger charge is -2.08. The number of hydrogen-bond donors (Lipinski definition) is 1. The predicted molar refractivity (Wildman–Crippen MR) is 122 cm³/mol. The molecule has 0 amide bonds. The van der Waals surface area contributed by atoms with Gasteiger partial charge < -0.3 is 20.1 Å². The normalized spacial score (nSPS) is 10.8. The summed E-state index contributed by atoms with van der Waals surface area (Å²) in [6.45, 7) is 0. The van der Waals surface area contributed by atoms with Crippen molar-refractivity contribution >= 4 is 23.1 Å². The van der Waals surface area contributed by atoms with Crippen molar-refractivity contribution in [3.8, 4) is 39.2 Å². The van der Waals surface area contributed by atoms with Gasteiger partial charge in [0.15, 0.2) is 17.3 Å². The Labute approximate surface area is 188 Å². The van der Waals surface area contributed by atoms with Crippen LogP contribution >= 0.6 is 23.1 Å². The molecule has 2 N–H and O–H groups in total. The van der Waals surface area contributed by atoms with Gasteiger partial charge in [-0.2, -0.15) is 0 Å². The van der Waals surface area contributed by atoms with Crippen LogP contribution in [-0.4, -0.2) is 41.2 Å². The lowest BCUT2D eigenvalue weighted by atomic mass is 10.2. The molecule has 8 nitrogen and oxygen atoms in total. The summed E-state index contributed by atoms with van der Waals surface area (Å²) in [6.07, 6.45) is 0. The molecular formula is C21H21N5O3S2. The number of thiazole rings is 1. The molecule has 0 aliphatic rings. The monoisotopic (exact) mass is 455 g/mol. The first-order valence-corrected chi connectivity index (χ1v) is 11.1. The topological polar surface area (TPSA) is 97.3 Å². The third-order valence-electron chi connectivity index (χ3n) is 4.54. The minimum atomic E-state index is 0.546. The van der Waals surface area contributed by atoms with E-state index in [1.807, 2.05) is 47.8 Å². The summed E-state index contributed by atoms with van der Waals surface area (Å²) in [5.41, 5.74) is 2.69. The van der Waals surface area contributed by atoms with Crippen LogP contribution in [0.5, 0.6) is 17.2 Å². The molecule has 0 atom stereocenters. The van der Waals surface area contributed by atoms with Crippen LogP contribution < -0.4 is 20.1 Å². The third kappa shape index (κ3) is 4.30. The molecule has 2 aromatic carbocycles. The van der Waals surface area contributed by atoms with Gasteiger partial charge >= 0.3 is 0 Å². The zero-order valence-electron chi connectivity index (χ0n) is 17.2. The molecule has 4 rings (SSSR count). The summed E-state index contributed by atoms with van der Waals surface area (Å²) in [5.74, 6) is 9.46. The molecule has 10 heteroatoms. The summed E-state index contributed by atoms with van der Waals surface area (Å²) >= 11 is 3.04. The molecule has 0 radical (unpaired) electrons. The number of ether oxygens (including phenoxy) is 3. The Morgan fingerprint density at radius 2 is 1.74 bits per heavy atom. The fourth-order valence-electron chi connectivity index (χ4n) is 3.00. The van der Waals surface area contributed by atoms with E-state index in [-0.39, 0.29) is 0 Å². The number of hydrogen-bond acceptors (Lipinski definition) is 9. The van der Waals surface area contributed by atoms with Gasteiger partial charge in [0, 0.05) is 16.7 Å². The summed E-state index contributed by atoms with van der Waals surface area (Å²) in [4.78, 5) is 4.73. The van der Waals surface area contributed by atoms with Crippen LogP contribution in [0.1, 0.15) is 5.69 Å².